The average Bonchev–Trinajstić information content (AvgIpc) is 2.65. The first-order valence-electron chi connectivity index (χ1n) is 8.20. The highest BCUT2D eigenvalue weighted by molar-refractivity contribution is 6.30. The predicted molar refractivity (Wildman–Crippen MR) is 102 cm³/mol. The molecule has 2 rings (SSSR count). The van der Waals surface area contributed by atoms with Gasteiger partial charge in [0.2, 0.25) is 0 Å². The Morgan fingerprint density at radius 3 is 2.21 bits per heavy atom. The molecular formula is C21H17ClF2O4. The molecule has 0 aliphatic carbocycles. The lowest BCUT2D eigenvalue weighted by atomic mass is 10.0. The van der Waals surface area contributed by atoms with Gasteiger partial charge in [0.05, 0.1) is 5.57 Å². The summed E-state index contributed by atoms with van der Waals surface area (Å²) in [5.41, 5.74) is 0.531. The largest absolute Gasteiger partial charge is 0.459 e. The van der Waals surface area contributed by atoms with Gasteiger partial charge in [-0.15, -0.1) is 0 Å². The van der Waals surface area contributed by atoms with Crippen molar-refractivity contribution in [3.8, 4) is 0 Å². The second-order valence-corrected chi connectivity index (χ2v) is 6.22. The average molecular weight is 407 g/mol. The molecule has 0 aliphatic rings. The van der Waals surface area contributed by atoms with E-state index in [9.17, 15) is 18.4 Å². The van der Waals surface area contributed by atoms with Crippen molar-refractivity contribution in [1.82, 2.24) is 0 Å². The fraction of sp³-hybridized carbons (Fsp3) is 0.143. The van der Waals surface area contributed by atoms with Crippen molar-refractivity contribution in [3.05, 3.63) is 82.4 Å². The van der Waals surface area contributed by atoms with Crippen molar-refractivity contribution in [2.45, 2.75) is 6.92 Å². The Bertz CT molecular complexity index is 921. The van der Waals surface area contributed by atoms with Crippen LogP contribution in [-0.4, -0.2) is 25.2 Å². The van der Waals surface area contributed by atoms with E-state index in [2.05, 4.69) is 6.58 Å². The van der Waals surface area contributed by atoms with E-state index >= 15 is 0 Å². The molecule has 0 atom stereocenters. The molecule has 0 fully saturated rings. The van der Waals surface area contributed by atoms with Crippen molar-refractivity contribution in [1.29, 1.82) is 0 Å². The van der Waals surface area contributed by atoms with E-state index in [0.717, 1.165) is 12.1 Å². The second-order valence-electron chi connectivity index (χ2n) is 5.79. The highest BCUT2D eigenvalue weighted by Crippen LogP contribution is 2.24. The molecule has 0 amide bonds. The van der Waals surface area contributed by atoms with E-state index in [1.54, 1.807) is 24.3 Å². The maximum Gasteiger partial charge on any atom is 0.338 e. The molecular weight excluding hydrogens is 390 g/mol. The summed E-state index contributed by atoms with van der Waals surface area (Å²) in [6.07, 6.45) is 1.40. The van der Waals surface area contributed by atoms with Gasteiger partial charge in [-0.25, -0.2) is 18.4 Å². The summed E-state index contributed by atoms with van der Waals surface area (Å²) < 4.78 is 37.4. The van der Waals surface area contributed by atoms with Crippen LogP contribution in [0.25, 0.3) is 11.6 Å². The third kappa shape index (κ3) is 6.03. The van der Waals surface area contributed by atoms with Crippen molar-refractivity contribution < 1.29 is 27.8 Å². The Labute approximate surface area is 166 Å². The summed E-state index contributed by atoms with van der Waals surface area (Å²) in [6, 6.07) is 9.33. The Morgan fingerprint density at radius 1 is 1.04 bits per heavy atom. The quantitative estimate of drug-likeness (QED) is 0.286. The van der Waals surface area contributed by atoms with E-state index in [4.69, 9.17) is 21.1 Å². The molecule has 0 heterocycles. The number of esters is 2. The van der Waals surface area contributed by atoms with E-state index in [1.807, 2.05) is 0 Å². The number of hydrogen-bond donors (Lipinski definition) is 0. The molecule has 0 aliphatic heterocycles. The van der Waals surface area contributed by atoms with Gasteiger partial charge in [-0.1, -0.05) is 30.3 Å². The summed E-state index contributed by atoms with van der Waals surface area (Å²) in [7, 11) is 0. The van der Waals surface area contributed by atoms with Crippen LogP contribution >= 0.6 is 11.6 Å². The molecule has 0 saturated carbocycles. The lowest BCUT2D eigenvalue weighted by Crippen LogP contribution is -2.15. The van der Waals surface area contributed by atoms with Gasteiger partial charge in [-0.3, -0.25) is 0 Å². The molecule has 7 heteroatoms. The molecule has 28 heavy (non-hydrogen) atoms. The number of rotatable bonds is 7. The molecule has 0 spiro atoms. The summed E-state index contributed by atoms with van der Waals surface area (Å²) in [4.78, 5) is 23.8. The van der Waals surface area contributed by atoms with Crippen LogP contribution in [0.1, 0.15) is 18.1 Å². The number of carbonyl (C=O) groups excluding carboxylic acids is 2. The third-order valence-electron chi connectivity index (χ3n) is 3.52. The zero-order chi connectivity index (χ0) is 20.7. The SMILES string of the molecule is C=C(C)C(=O)OCCOC(=O)/C(=C/c1ccc(Cl)cc1)c1ccc(F)cc1F. The smallest absolute Gasteiger partial charge is 0.338 e. The topological polar surface area (TPSA) is 52.6 Å². The number of hydrogen-bond acceptors (Lipinski definition) is 4. The van der Waals surface area contributed by atoms with Crippen LogP contribution in [0.15, 0.2) is 54.6 Å². The standard InChI is InChI=1S/C21H17ClF2O4/c1-13(2)20(25)27-9-10-28-21(26)18(11-14-3-5-15(22)6-4-14)17-8-7-16(23)12-19(17)24/h3-8,11-12H,1,9-10H2,2H3/b18-11+. The van der Waals surface area contributed by atoms with Crippen molar-refractivity contribution in [2.24, 2.45) is 0 Å². The van der Waals surface area contributed by atoms with Crippen molar-refractivity contribution in [2.75, 3.05) is 13.2 Å². The molecule has 0 N–H and O–H groups in total. The number of halogens is 3. The molecule has 146 valence electrons. The minimum atomic E-state index is -0.911. The monoisotopic (exact) mass is 406 g/mol. The fourth-order valence-corrected chi connectivity index (χ4v) is 2.28. The molecule has 0 radical (unpaired) electrons. The third-order valence-corrected chi connectivity index (χ3v) is 3.77. The molecule has 0 aromatic heterocycles. The molecule has 2 aromatic carbocycles. The zero-order valence-electron chi connectivity index (χ0n) is 15.0. The van der Waals surface area contributed by atoms with Crippen LogP contribution in [-0.2, 0) is 19.1 Å². The Balaban J connectivity index is 2.23. The maximum atomic E-state index is 14.2. The minimum absolute atomic E-state index is 0.119. The van der Waals surface area contributed by atoms with E-state index in [0.29, 0.717) is 16.7 Å². The van der Waals surface area contributed by atoms with Crippen molar-refractivity contribution >= 4 is 35.2 Å². The van der Waals surface area contributed by atoms with Crippen LogP contribution in [0.2, 0.25) is 5.02 Å². The highest BCUT2D eigenvalue weighted by Gasteiger charge is 2.18. The zero-order valence-corrected chi connectivity index (χ0v) is 15.8. The van der Waals surface area contributed by atoms with Gasteiger partial charge in [-0.05, 0) is 42.8 Å². The first-order valence-corrected chi connectivity index (χ1v) is 8.58. The Morgan fingerprint density at radius 2 is 1.64 bits per heavy atom. The second kappa shape index (κ2) is 9.80. The first kappa shape index (κ1) is 21.3. The summed E-state index contributed by atoms with van der Waals surface area (Å²) >= 11 is 5.84. The first-order chi connectivity index (χ1) is 13.3. The van der Waals surface area contributed by atoms with Crippen LogP contribution in [0.4, 0.5) is 8.78 Å². The number of carbonyl (C=O) groups is 2. The lowest BCUT2D eigenvalue weighted by molar-refractivity contribution is -0.146. The minimum Gasteiger partial charge on any atom is -0.459 e. The highest BCUT2D eigenvalue weighted by atomic mass is 35.5. The van der Waals surface area contributed by atoms with E-state index in [1.165, 1.54) is 13.0 Å². The van der Waals surface area contributed by atoms with Gasteiger partial charge in [0.1, 0.15) is 24.8 Å². The van der Waals surface area contributed by atoms with Gasteiger partial charge in [-0.2, -0.15) is 0 Å². The molecule has 2 aromatic rings. The molecule has 0 bridgehead atoms. The van der Waals surface area contributed by atoms with Crippen LogP contribution in [0.5, 0.6) is 0 Å². The Kier molecular flexibility index (Phi) is 7.46. The summed E-state index contributed by atoms with van der Waals surface area (Å²) in [6.45, 7) is 4.50. The van der Waals surface area contributed by atoms with Gasteiger partial charge < -0.3 is 9.47 Å². The number of benzene rings is 2. The lowest BCUT2D eigenvalue weighted by Gasteiger charge is -2.11. The summed E-state index contributed by atoms with van der Waals surface area (Å²) in [5.74, 6) is -3.15. The van der Waals surface area contributed by atoms with Gasteiger partial charge >= 0.3 is 11.9 Å². The molecule has 0 saturated heterocycles. The van der Waals surface area contributed by atoms with E-state index < -0.39 is 23.6 Å². The van der Waals surface area contributed by atoms with Gasteiger partial charge in [0.25, 0.3) is 0 Å². The normalized spacial score (nSPS) is 11.1. The van der Waals surface area contributed by atoms with Crippen LogP contribution < -0.4 is 0 Å². The van der Waals surface area contributed by atoms with Gasteiger partial charge in [0.15, 0.2) is 0 Å². The molecule has 4 nitrogen and oxygen atoms in total. The summed E-state index contributed by atoms with van der Waals surface area (Å²) in [5, 5.41) is 0.494. The van der Waals surface area contributed by atoms with Crippen LogP contribution in [0.3, 0.4) is 0 Å². The van der Waals surface area contributed by atoms with E-state index in [-0.39, 0.29) is 29.9 Å². The number of ether oxygens (including phenoxy) is 2. The fourth-order valence-electron chi connectivity index (χ4n) is 2.15. The molecule has 0 unspecified atom stereocenters. The predicted octanol–water partition coefficient (Wildman–Crippen LogP) is 4.82. The van der Waals surface area contributed by atoms with Gasteiger partial charge in [0, 0.05) is 22.2 Å². The maximum absolute atomic E-state index is 14.2. The van der Waals surface area contributed by atoms with Crippen molar-refractivity contribution in [3.63, 3.8) is 0 Å². The Hall–Kier alpha value is -2.99. The van der Waals surface area contributed by atoms with Crippen LogP contribution in [0, 0.1) is 11.6 Å².